The average molecular weight is 314 g/mol. The molecule has 1 fully saturated rings. The fraction of sp³-hybridized carbons (Fsp3) is 0.571. The molecular formula is C14H20BrNO2. The molecule has 1 aromatic rings. The van der Waals surface area contributed by atoms with E-state index in [2.05, 4.69) is 20.8 Å². The van der Waals surface area contributed by atoms with Gasteiger partial charge in [0.15, 0.2) is 0 Å². The Morgan fingerprint density at radius 1 is 1.44 bits per heavy atom. The van der Waals surface area contributed by atoms with Crippen LogP contribution >= 0.6 is 15.9 Å². The molecule has 0 radical (unpaired) electrons. The number of aliphatic hydroxyl groups is 1. The topological polar surface area (TPSA) is 43.7 Å². The summed E-state index contributed by atoms with van der Waals surface area (Å²) in [5.41, 5.74) is 0.914. The number of aliphatic hydroxyl groups excluding tert-OH is 1. The van der Waals surface area contributed by atoms with Crippen molar-refractivity contribution in [1.29, 1.82) is 0 Å². The van der Waals surface area contributed by atoms with E-state index in [0.29, 0.717) is 12.3 Å². The summed E-state index contributed by atoms with van der Waals surface area (Å²) in [5, 5.41) is 19.7. The van der Waals surface area contributed by atoms with E-state index in [1.54, 1.807) is 6.07 Å². The summed E-state index contributed by atoms with van der Waals surface area (Å²) in [6.07, 6.45) is 3.06. The lowest BCUT2D eigenvalue weighted by Gasteiger charge is -2.37. The van der Waals surface area contributed by atoms with E-state index in [1.165, 1.54) is 6.42 Å². The van der Waals surface area contributed by atoms with Crippen LogP contribution in [0.3, 0.4) is 0 Å². The van der Waals surface area contributed by atoms with Crippen molar-refractivity contribution < 1.29 is 10.2 Å². The molecule has 2 unspecified atom stereocenters. The van der Waals surface area contributed by atoms with Crippen LogP contribution in [-0.4, -0.2) is 33.8 Å². The molecule has 0 aliphatic carbocycles. The van der Waals surface area contributed by atoms with Crippen molar-refractivity contribution in [1.82, 2.24) is 4.90 Å². The number of likely N-dealkylation sites (tertiary alicyclic amines) is 1. The number of rotatable bonds is 3. The molecule has 1 aliphatic heterocycles. The molecule has 1 saturated heterocycles. The summed E-state index contributed by atoms with van der Waals surface area (Å²) in [7, 11) is 0. The van der Waals surface area contributed by atoms with Gasteiger partial charge in [-0.25, -0.2) is 0 Å². The van der Waals surface area contributed by atoms with Crippen molar-refractivity contribution in [3.05, 3.63) is 28.2 Å². The van der Waals surface area contributed by atoms with E-state index in [4.69, 9.17) is 0 Å². The second-order valence-electron chi connectivity index (χ2n) is 5.05. The second-order valence-corrected chi connectivity index (χ2v) is 5.96. The molecule has 0 spiro atoms. The number of phenolic OH excluding ortho intramolecular Hbond substituents is 1. The molecule has 3 nitrogen and oxygen atoms in total. The van der Waals surface area contributed by atoms with Crippen molar-refractivity contribution >= 4 is 15.9 Å². The molecule has 2 atom stereocenters. The van der Waals surface area contributed by atoms with Gasteiger partial charge in [-0.2, -0.15) is 0 Å². The number of phenols is 1. The molecule has 18 heavy (non-hydrogen) atoms. The SMILES string of the molecule is CC(O)C1CCCCN1Cc1cc(Br)ccc1O. The number of hydrogen-bond donors (Lipinski definition) is 2. The molecule has 0 amide bonds. The Morgan fingerprint density at radius 3 is 2.94 bits per heavy atom. The highest BCUT2D eigenvalue weighted by molar-refractivity contribution is 9.10. The monoisotopic (exact) mass is 313 g/mol. The first-order chi connectivity index (χ1) is 8.58. The van der Waals surface area contributed by atoms with Crippen LogP contribution < -0.4 is 0 Å². The Bertz CT molecular complexity index is 409. The fourth-order valence-corrected chi connectivity index (χ4v) is 3.07. The second kappa shape index (κ2) is 6.04. The van der Waals surface area contributed by atoms with E-state index in [-0.39, 0.29) is 12.1 Å². The van der Waals surface area contributed by atoms with E-state index in [1.807, 2.05) is 19.1 Å². The standard InChI is InChI=1S/C14H20BrNO2/c1-10(17)13-4-2-3-7-16(13)9-11-8-12(15)5-6-14(11)18/h5-6,8,10,13,17-18H,2-4,7,9H2,1H3. The fourth-order valence-electron chi connectivity index (χ4n) is 2.66. The number of nitrogens with zero attached hydrogens (tertiary/aromatic N) is 1. The highest BCUT2D eigenvalue weighted by Gasteiger charge is 2.26. The summed E-state index contributed by atoms with van der Waals surface area (Å²) in [4.78, 5) is 2.27. The maximum absolute atomic E-state index is 9.88. The molecule has 0 bridgehead atoms. The quantitative estimate of drug-likeness (QED) is 0.901. The summed E-state index contributed by atoms with van der Waals surface area (Å²) in [5.74, 6) is 0.327. The van der Waals surface area contributed by atoms with Gasteiger partial charge in [-0.15, -0.1) is 0 Å². The normalized spacial score (nSPS) is 22.9. The number of benzene rings is 1. The lowest BCUT2D eigenvalue weighted by Crippen LogP contribution is -2.45. The summed E-state index contributed by atoms with van der Waals surface area (Å²) in [6.45, 7) is 3.53. The van der Waals surface area contributed by atoms with E-state index < -0.39 is 0 Å². The first-order valence-corrected chi connectivity index (χ1v) is 7.26. The minimum Gasteiger partial charge on any atom is -0.508 e. The Labute approximate surface area is 117 Å². The Hall–Kier alpha value is -0.580. The molecular weight excluding hydrogens is 294 g/mol. The molecule has 1 aromatic carbocycles. The zero-order valence-corrected chi connectivity index (χ0v) is 12.2. The Morgan fingerprint density at radius 2 is 2.22 bits per heavy atom. The predicted octanol–water partition coefficient (Wildman–Crippen LogP) is 2.89. The first kappa shape index (κ1) is 13.8. The van der Waals surface area contributed by atoms with Gasteiger partial charge in [0, 0.05) is 22.6 Å². The van der Waals surface area contributed by atoms with Gasteiger partial charge in [0.25, 0.3) is 0 Å². The molecule has 0 aromatic heterocycles. The van der Waals surface area contributed by atoms with E-state index in [9.17, 15) is 10.2 Å². The van der Waals surface area contributed by atoms with Crippen molar-refractivity contribution in [3.8, 4) is 5.75 Å². The molecule has 100 valence electrons. The van der Waals surface area contributed by atoms with Gasteiger partial charge < -0.3 is 10.2 Å². The van der Waals surface area contributed by atoms with Gasteiger partial charge >= 0.3 is 0 Å². The highest BCUT2D eigenvalue weighted by Crippen LogP contribution is 2.27. The van der Waals surface area contributed by atoms with Crippen LogP contribution in [0.5, 0.6) is 5.75 Å². The predicted molar refractivity (Wildman–Crippen MR) is 75.5 cm³/mol. The summed E-state index contributed by atoms with van der Waals surface area (Å²) in [6, 6.07) is 5.70. The van der Waals surface area contributed by atoms with Gasteiger partial charge in [-0.05, 0) is 44.5 Å². The molecule has 2 rings (SSSR count). The molecule has 1 aliphatic rings. The van der Waals surface area contributed by atoms with Crippen LogP contribution in [0.2, 0.25) is 0 Å². The smallest absolute Gasteiger partial charge is 0.120 e. The van der Waals surface area contributed by atoms with Crippen molar-refractivity contribution in [2.75, 3.05) is 6.54 Å². The third-order valence-corrected chi connectivity index (χ3v) is 4.13. The lowest BCUT2D eigenvalue weighted by molar-refractivity contribution is 0.0313. The molecule has 0 saturated carbocycles. The maximum Gasteiger partial charge on any atom is 0.120 e. The third kappa shape index (κ3) is 3.25. The zero-order chi connectivity index (χ0) is 13.1. The largest absolute Gasteiger partial charge is 0.508 e. The zero-order valence-electron chi connectivity index (χ0n) is 10.6. The van der Waals surface area contributed by atoms with E-state index in [0.717, 1.165) is 29.4 Å². The molecule has 4 heteroatoms. The average Bonchev–Trinajstić information content (AvgIpc) is 2.34. The van der Waals surface area contributed by atoms with Gasteiger partial charge in [0.05, 0.1) is 6.10 Å². The first-order valence-electron chi connectivity index (χ1n) is 6.47. The molecule has 2 N–H and O–H groups in total. The van der Waals surface area contributed by atoms with Crippen LogP contribution in [0.15, 0.2) is 22.7 Å². The number of aromatic hydroxyl groups is 1. The van der Waals surface area contributed by atoms with Gasteiger partial charge in [-0.1, -0.05) is 22.4 Å². The van der Waals surface area contributed by atoms with Crippen molar-refractivity contribution in [3.63, 3.8) is 0 Å². The van der Waals surface area contributed by atoms with Crippen LogP contribution in [0.4, 0.5) is 0 Å². The van der Waals surface area contributed by atoms with Gasteiger partial charge in [-0.3, -0.25) is 4.90 Å². The lowest BCUT2D eigenvalue weighted by atomic mass is 9.97. The third-order valence-electron chi connectivity index (χ3n) is 3.64. The Kier molecular flexibility index (Phi) is 4.65. The number of halogens is 1. The summed E-state index contributed by atoms with van der Waals surface area (Å²) < 4.78 is 0.973. The minimum atomic E-state index is -0.320. The highest BCUT2D eigenvalue weighted by atomic mass is 79.9. The summed E-state index contributed by atoms with van der Waals surface area (Å²) >= 11 is 3.43. The van der Waals surface area contributed by atoms with Crippen molar-refractivity contribution in [2.45, 2.75) is 44.9 Å². The van der Waals surface area contributed by atoms with Crippen LogP contribution in [-0.2, 0) is 6.54 Å². The number of piperidine rings is 1. The number of hydrogen-bond acceptors (Lipinski definition) is 3. The molecule has 1 heterocycles. The Balaban J connectivity index is 2.13. The van der Waals surface area contributed by atoms with Gasteiger partial charge in [0.1, 0.15) is 5.75 Å². The van der Waals surface area contributed by atoms with Crippen LogP contribution in [0, 0.1) is 0 Å². The van der Waals surface area contributed by atoms with Gasteiger partial charge in [0.2, 0.25) is 0 Å². The van der Waals surface area contributed by atoms with Crippen LogP contribution in [0.25, 0.3) is 0 Å². The maximum atomic E-state index is 9.88. The van der Waals surface area contributed by atoms with E-state index >= 15 is 0 Å². The van der Waals surface area contributed by atoms with Crippen molar-refractivity contribution in [2.24, 2.45) is 0 Å². The minimum absolute atomic E-state index is 0.206. The van der Waals surface area contributed by atoms with Crippen LogP contribution in [0.1, 0.15) is 31.7 Å².